The van der Waals surface area contributed by atoms with Gasteiger partial charge in [-0.05, 0) is 37.1 Å². The molecule has 17 heavy (non-hydrogen) atoms. The smallest absolute Gasteiger partial charge is 0.251 e. The highest BCUT2D eigenvalue weighted by molar-refractivity contribution is 5.94. The fourth-order valence-corrected chi connectivity index (χ4v) is 2.19. The zero-order valence-corrected chi connectivity index (χ0v) is 9.78. The first-order valence-corrected chi connectivity index (χ1v) is 5.95. The molecule has 4 heteroatoms. The fourth-order valence-electron chi connectivity index (χ4n) is 2.19. The predicted octanol–water partition coefficient (Wildman–Crippen LogP) is 1.30. The molecule has 0 aromatic heterocycles. The number of hydrogen-bond acceptors (Lipinski definition) is 3. The van der Waals surface area contributed by atoms with Crippen LogP contribution in [0, 0.1) is 0 Å². The number of nitrogens with one attached hydrogen (secondary N) is 1. The Morgan fingerprint density at radius 3 is 2.47 bits per heavy atom. The number of benzene rings is 1. The van der Waals surface area contributed by atoms with Gasteiger partial charge in [0, 0.05) is 17.8 Å². The summed E-state index contributed by atoms with van der Waals surface area (Å²) in [7, 11) is 0. The van der Waals surface area contributed by atoms with E-state index in [9.17, 15) is 9.90 Å². The van der Waals surface area contributed by atoms with E-state index in [0.29, 0.717) is 17.8 Å². The van der Waals surface area contributed by atoms with E-state index in [2.05, 4.69) is 5.32 Å². The van der Waals surface area contributed by atoms with Crippen LogP contribution in [-0.2, 0) is 0 Å². The topological polar surface area (TPSA) is 75.4 Å². The van der Waals surface area contributed by atoms with E-state index in [1.54, 1.807) is 24.3 Å². The molecule has 1 amide bonds. The van der Waals surface area contributed by atoms with E-state index in [-0.39, 0.29) is 5.91 Å². The molecule has 0 aliphatic heterocycles. The lowest BCUT2D eigenvalue weighted by molar-refractivity contribution is 0.0449. The second-order valence-corrected chi connectivity index (χ2v) is 4.74. The number of nitrogens with two attached hydrogens (primary N) is 1. The van der Waals surface area contributed by atoms with Crippen molar-refractivity contribution in [3.05, 3.63) is 29.8 Å². The maximum absolute atomic E-state index is 11.8. The number of rotatable bonds is 3. The van der Waals surface area contributed by atoms with Crippen LogP contribution in [0.25, 0.3) is 0 Å². The third kappa shape index (κ3) is 2.97. The van der Waals surface area contributed by atoms with Crippen LogP contribution in [0.4, 0.5) is 5.69 Å². The van der Waals surface area contributed by atoms with Gasteiger partial charge in [-0.2, -0.15) is 0 Å². The zero-order chi connectivity index (χ0) is 12.3. The molecule has 0 saturated heterocycles. The van der Waals surface area contributed by atoms with Crippen molar-refractivity contribution in [2.45, 2.75) is 31.3 Å². The van der Waals surface area contributed by atoms with E-state index >= 15 is 0 Å². The lowest BCUT2D eigenvalue weighted by atomic mass is 10.0. The molecule has 1 aromatic rings. The zero-order valence-electron chi connectivity index (χ0n) is 9.78. The molecule has 1 saturated carbocycles. The van der Waals surface area contributed by atoms with Crippen molar-refractivity contribution >= 4 is 11.6 Å². The Kier molecular flexibility index (Phi) is 3.33. The molecular formula is C13H18N2O2. The van der Waals surface area contributed by atoms with Crippen molar-refractivity contribution in [1.82, 2.24) is 5.32 Å². The van der Waals surface area contributed by atoms with Crippen LogP contribution in [0.2, 0.25) is 0 Å². The summed E-state index contributed by atoms with van der Waals surface area (Å²) >= 11 is 0. The molecule has 4 nitrogen and oxygen atoms in total. The van der Waals surface area contributed by atoms with Crippen molar-refractivity contribution in [2.24, 2.45) is 0 Å². The molecule has 0 bridgehead atoms. The van der Waals surface area contributed by atoms with Crippen molar-refractivity contribution in [3.8, 4) is 0 Å². The molecule has 1 fully saturated rings. The Morgan fingerprint density at radius 2 is 1.88 bits per heavy atom. The maximum Gasteiger partial charge on any atom is 0.251 e. The normalized spacial score (nSPS) is 17.9. The van der Waals surface area contributed by atoms with E-state index in [1.807, 2.05) is 0 Å². The lowest BCUT2D eigenvalue weighted by Crippen LogP contribution is -2.40. The van der Waals surface area contributed by atoms with Crippen LogP contribution in [-0.4, -0.2) is 23.2 Å². The molecule has 1 aliphatic carbocycles. The quantitative estimate of drug-likeness (QED) is 0.690. The number of carbonyl (C=O) groups is 1. The standard InChI is InChI=1S/C13H18N2O2/c14-11-5-3-10(4-6-11)12(16)15-9-13(17)7-1-2-8-13/h3-6,17H,1-2,7-9,14H2,(H,15,16). The van der Waals surface area contributed by atoms with Gasteiger partial charge >= 0.3 is 0 Å². The monoisotopic (exact) mass is 234 g/mol. The highest BCUT2D eigenvalue weighted by Gasteiger charge is 2.31. The second kappa shape index (κ2) is 4.75. The van der Waals surface area contributed by atoms with Gasteiger partial charge in [0.1, 0.15) is 0 Å². The average Bonchev–Trinajstić information content (AvgIpc) is 2.75. The van der Waals surface area contributed by atoms with Crippen LogP contribution in [0.1, 0.15) is 36.0 Å². The first kappa shape index (κ1) is 11.9. The number of carbonyl (C=O) groups excluding carboxylic acids is 1. The lowest BCUT2D eigenvalue weighted by Gasteiger charge is -2.22. The van der Waals surface area contributed by atoms with Crippen LogP contribution in [0.5, 0.6) is 0 Å². The van der Waals surface area contributed by atoms with Gasteiger partial charge in [0.05, 0.1) is 5.60 Å². The van der Waals surface area contributed by atoms with Gasteiger partial charge in [-0.3, -0.25) is 4.79 Å². The SMILES string of the molecule is Nc1ccc(C(=O)NCC2(O)CCCC2)cc1. The Hall–Kier alpha value is -1.55. The van der Waals surface area contributed by atoms with Gasteiger partial charge in [0.15, 0.2) is 0 Å². The Bertz CT molecular complexity index is 394. The Morgan fingerprint density at radius 1 is 1.29 bits per heavy atom. The van der Waals surface area contributed by atoms with Crippen molar-refractivity contribution in [2.75, 3.05) is 12.3 Å². The maximum atomic E-state index is 11.8. The molecule has 0 atom stereocenters. The first-order valence-electron chi connectivity index (χ1n) is 5.95. The van der Waals surface area contributed by atoms with Crippen molar-refractivity contribution in [3.63, 3.8) is 0 Å². The van der Waals surface area contributed by atoms with E-state index in [4.69, 9.17) is 5.73 Å². The third-order valence-corrected chi connectivity index (χ3v) is 3.29. The minimum Gasteiger partial charge on any atom is -0.399 e. The molecule has 1 aromatic carbocycles. The van der Waals surface area contributed by atoms with E-state index in [0.717, 1.165) is 25.7 Å². The Balaban J connectivity index is 1.91. The minimum absolute atomic E-state index is 0.162. The van der Waals surface area contributed by atoms with Crippen LogP contribution < -0.4 is 11.1 Å². The minimum atomic E-state index is -0.705. The van der Waals surface area contributed by atoms with Crippen molar-refractivity contribution in [1.29, 1.82) is 0 Å². The number of nitrogen functional groups attached to an aromatic ring is 1. The average molecular weight is 234 g/mol. The number of hydrogen-bond donors (Lipinski definition) is 3. The molecule has 1 aliphatic rings. The molecule has 0 heterocycles. The molecular weight excluding hydrogens is 216 g/mol. The molecule has 4 N–H and O–H groups in total. The van der Waals surface area contributed by atoms with Gasteiger partial charge in [-0.1, -0.05) is 12.8 Å². The van der Waals surface area contributed by atoms with Crippen molar-refractivity contribution < 1.29 is 9.90 Å². The molecule has 92 valence electrons. The predicted molar refractivity (Wildman–Crippen MR) is 66.6 cm³/mol. The third-order valence-electron chi connectivity index (χ3n) is 3.29. The summed E-state index contributed by atoms with van der Waals surface area (Å²) in [6, 6.07) is 6.76. The van der Waals surface area contributed by atoms with E-state index < -0.39 is 5.60 Å². The van der Waals surface area contributed by atoms with Crippen LogP contribution in [0.3, 0.4) is 0 Å². The van der Waals surface area contributed by atoms with Crippen LogP contribution >= 0.6 is 0 Å². The summed E-state index contributed by atoms with van der Waals surface area (Å²) in [6.07, 6.45) is 3.62. The summed E-state index contributed by atoms with van der Waals surface area (Å²) in [5.41, 5.74) is 6.05. The van der Waals surface area contributed by atoms with Gasteiger partial charge in [-0.15, -0.1) is 0 Å². The van der Waals surface area contributed by atoms with E-state index in [1.165, 1.54) is 0 Å². The molecule has 0 radical (unpaired) electrons. The van der Waals surface area contributed by atoms with Gasteiger partial charge in [-0.25, -0.2) is 0 Å². The van der Waals surface area contributed by atoms with Crippen LogP contribution in [0.15, 0.2) is 24.3 Å². The highest BCUT2D eigenvalue weighted by atomic mass is 16.3. The van der Waals surface area contributed by atoms with Gasteiger partial charge < -0.3 is 16.2 Å². The summed E-state index contributed by atoms with van der Waals surface area (Å²) < 4.78 is 0. The number of amides is 1. The molecule has 0 unspecified atom stereocenters. The summed E-state index contributed by atoms with van der Waals surface area (Å²) in [6.45, 7) is 0.330. The van der Waals surface area contributed by atoms with Gasteiger partial charge in [0.25, 0.3) is 5.91 Å². The number of anilines is 1. The molecule has 0 spiro atoms. The fraction of sp³-hybridized carbons (Fsp3) is 0.462. The summed E-state index contributed by atoms with van der Waals surface area (Å²) in [4.78, 5) is 11.8. The first-order chi connectivity index (χ1) is 8.09. The van der Waals surface area contributed by atoms with Gasteiger partial charge in [0.2, 0.25) is 0 Å². The molecule has 2 rings (SSSR count). The summed E-state index contributed by atoms with van der Waals surface area (Å²) in [5, 5.41) is 12.9. The summed E-state index contributed by atoms with van der Waals surface area (Å²) in [5.74, 6) is -0.162. The number of aliphatic hydroxyl groups is 1. The highest BCUT2D eigenvalue weighted by Crippen LogP contribution is 2.28. The Labute approximate surface area is 101 Å². The largest absolute Gasteiger partial charge is 0.399 e. The second-order valence-electron chi connectivity index (χ2n) is 4.74.